The van der Waals surface area contributed by atoms with Gasteiger partial charge in [-0.1, -0.05) is 68.2 Å². The smallest absolute Gasteiger partial charge is 0.429 e. The molecule has 0 spiro atoms. The number of nitrogens with zero attached hydrogens (tertiary/aromatic N) is 2. The highest BCUT2D eigenvalue weighted by Gasteiger charge is 2.25. The maximum absolute atomic E-state index is 13.5. The number of benzene rings is 4. The second-order valence-corrected chi connectivity index (χ2v) is 13.3. The summed E-state index contributed by atoms with van der Waals surface area (Å²) in [6.45, 7) is 3.49. The molecule has 0 aromatic heterocycles. The first kappa shape index (κ1) is 40.2. The molecule has 0 fully saturated rings. The average molecular weight is 760 g/mol. The van der Waals surface area contributed by atoms with Crippen LogP contribution in [0.25, 0.3) is 0 Å². The number of nitrogens with one attached hydrogen (secondary N) is 3. The Morgan fingerprint density at radius 1 is 0.821 bits per heavy atom. The number of nitro groups is 1. The van der Waals surface area contributed by atoms with Crippen LogP contribution in [0, 0.1) is 27.9 Å². The number of non-ortho nitro benzene ring substituents is 1. The highest BCUT2D eigenvalue weighted by atomic mass is 16.7. The Balaban J connectivity index is 1.01. The molecule has 288 valence electrons. The van der Waals surface area contributed by atoms with Gasteiger partial charge >= 0.3 is 6.16 Å². The molecule has 3 N–H and O–H groups in total. The third kappa shape index (κ3) is 11.5. The number of hydrogen-bond donors (Lipinski definition) is 3. The standard InChI is InChI=1S/C42H41N5O9/c1-28(2)40(45-37(48)13-7-8-14-39(50)46-26-32-11-4-3-9-30(32)17-18-31-10-5-6-12-36(31)46)41(51)43-25-38(49)44-33-19-15-29(16-20-33)27-55-42(52)56-35-23-21-34(22-24-35)47(53)54/h3-6,9-12,15-16,19-24,28,40H,7-8,13-14,25-27H2,1-2H3,(H,43,51)(H,44,49)(H,45,48). The quantitative estimate of drug-likeness (QED) is 0.0326. The van der Waals surface area contributed by atoms with Crippen LogP contribution in [-0.2, 0) is 37.1 Å². The van der Waals surface area contributed by atoms with E-state index in [4.69, 9.17) is 9.47 Å². The number of rotatable bonds is 15. The number of para-hydroxylation sites is 1. The minimum Gasteiger partial charge on any atom is -0.429 e. The summed E-state index contributed by atoms with van der Waals surface area (Å²) in [6.07, 6.45) is 0.273. The Labute approximate surface area is 323 Å². The van der Waals surface area contributed by atoms with Crippen molar-refractivity contribution >= 4 is 46.8 Å². The van der Waals surface area contributed by atoms with E-state index in [2.05, 4.69) is 27.8 Å². The van der Waals surface area contributed by atoms with E-state index in [1.165, 1.54) is 24.3 Å². The van der Waals surface area contributed by atoms with Crippen molar-refractivity contribution in [3.63, 3.8) is 0 Å². The van der Waals surface area contributed by atoms with Gasteiger partial charge in [-0.05, 0) is 72.4 Å². The highest BCUT2D eigenvalue weighted by molar-refractivity contribution is 5.96. The van der Waals surface area contributed by atoms with Crippen LogP contribution in [0.2, 0.25) is 0 Å². The lowest BCUT2D eigenvalue weighted by atomic mass is 10.0. The number of anilines is 2. The minimum atomic E-state index is -0.997. The average Bonchev–Trinajstić information content (AvgIpc) is 3.18. The molecule has 0 bridgehead atoms. The molecular formula is C42H41N5O9. The number of nitro benzene ring substituents is 1. The largest absolute Gasteiger partial charge is 0.514 e. The van der Waals surface area contributed by atoms with E-state index in [-0.39, 0.29) is 55.2 Å². The van der Waals surface area contributed by atoms with Crippen molar-refractivity contribution in [1.29, 1.82) is 0 Å². The Kier molecular flexibility index (Phi) is 13.9. The number of amides is 4. The summed E-state index contributed by atoms with van der Waals surface area (Å²) in [5.74, 6) is 4.82. The third-order valence-electron chi connectivity index (χ3n) is 8.75. The zero-order valence-electron chi connectivity index (χ0n) is 30.9. The zero-order valence-corrected chi connectivity index (χ0v) is 30.9. The fraction of sp³-hybridized carbons (Fsp3) is 0.262. The van der Waals surface area contributed by atoms with Crippen LogP contribution in [0.15, 0.2) is 97.1 Å². The molecule has 1 aliphatic heterocycles. The van der Waals surface area contributed by atoms with Crippen LogP contribution in [0.3, 0.4) is 0 Å². The normalized spacial score (nSPS) is 11.9. The van der Waals surface area contributed by atoms with Crippen LogP contribution >= 0.6 is 0 Å². The van der Waals surface area contributed by atoms with Gasteiger partial charge in [0.1, 0.15) is 18.4 Å². The molecule has 0 radical (unpaired) electrons. The fourth-order valence-corrected chi connectivity index (χ4v) is 5.76. The second kappa shape index (κ2) is 19.4. The molecule has 14 heteroatoms. The molecule has 14 nitrogen and oxygen atoms in total. The van der Waals surface area contributed by atoms with Crippen LogP contribution in [0.5, 0.6) is 5.75 Å². The molecular weight excluding hydrogens is 718 g/mol. The molecule has 4 aromatic rings. The van der Waals surface area contributed by atoms with E-state index >= 15 is 0 Å². The zero-order chi connectivity index (χ0) is 40.0. The van der Waals surface area contributed by atoms with Crippen molar-refractivity contribution in [2.24, 2.45) is 5.92 Å². The van der Waals surface area contributed by atoms with Gasteiger partial charge < -0.3 is 30.3 Å². The van der Waals surface area contributed by atoms with Crippen molar-refractivity contribution in [1.82, 2.24) is 10.6 Å². The summed E-state index contributed by atoms with van der Waals surface area (Å²) in [7, 11) is 0. The Bertz CT molecular complexity index is 2140. The predicted molar refractivity (Wildman–Crippen MR) is 207 cm³/mol. The van der Waals surface area contributed by atoms with Crippen molar-refractivity contribution in [2.45, 2.75) is 58.7 Å². The first-order valence-corrected chi connectivity index (χ1v) is 18.0. The summed E-state index contributed by atoms with van der Waals surface area (Å²) >= 11 is 0. The van der Waals surface area contributed by atoms with Gasteiger partial charge in [-0.15, -0.1) is 0 Å². The van der Waals surface area contributed by atoms with Gasteiger partial charge in [0.25, 0.3) is 5.69 Å². The van der Waals surface area contributed by atoms with Gasteiger partial charge in [-0.2, -0.15) is 0 Å². The van der Waals surface area contributed by atoms with Gasteiger partial charge in [-0.3, -0.25) is 29.3 Å². The van der Waals surface area contributed by atoms with E-state index in [9.17, 15) is 34.1 Å². The van der Waals surface area contributed by atoms with Gasteiger partial charge in [0.2, 0.25) is 23.6 Å². The molecule has 5 rings (SSSR count). The second-order valence-electron chi connectivity index (χ2n) is 13.3. The minimum absolute atomic E-state index is 0.0700. The maximum atomic E-state index is 13.5. The summed E-state index contributed by atoms with van der Waals surface area (Å²) < 4.78 is 10.1. The summed E-state index contributed by atoms with van der Waals surface area (Å²) in [5, 5.41) is 18.8. The van der Waals surface area contributed by atoms with E-state index < -0.39 is 28.9 Å². The third-order valence-corrected chi connectivity index (χ3v) is 8.75. The Hall–Kier alpha value is -7.01. The Morgan fingerprint density at radius 3 is 2.20 bits per heavy atom. The lowest BCUT2D eigenvalue weighted by molar-refractivity contribution is -0.384. The molecule has 1 unspecified atom stereocenters. The lowest BCUT2D eigenvalue weighted by Crippen LogP contribution is -2.51. The summed E-state index contributed by atoms with van der Waals surface area (Å²) in [6, 6.07) is 25.8. The van der Waals surface area contributed by atoms with E-state index in [0.29, 0.717) is 30.6 Å². The SMILES string of the molecule is CC(C)C(NC(=O)CCCCC(=O)N1Cc2ccccc2C#Cc2ccccc21)C(=O)NCC(=O)Nc1ccc(COC(=O)Oc2ccc([N+](=O)[O-])cc2)cc1. The lowest BCUT2D eigenvalue weighted by Gasteiger charge is -2.26. The molecule has 1 aliphatic rings. The van der Waals surface area contributed by atoms with Crippen molar-refractivity contribution in [2.75, 3.05) is 16.8 Å². The van der Waals surface area contributed by atoms with Crippen LogP contribution in [0.1, 0.15) is 61.8 Å². The van der Waals surface area contributed by atoms with Gasteiger partial charge in [0.15, 0.2) is 0 Å². The first-order chi connectivity index (χ1) is 27.0. The van der Waals surface area contributed by atoms with Crippen LogP contribution < -0.4 is 25.6 Å². The molecule has 0 saturated carbocycles. The molecule has 56 heavy (non-hydrogen) atoms. The molecule has 4 aromatic carbocycles. The predicted octanol–water partition coefficient (Wildman–Crippen LogP) is 6.01. The summed E-state index contributed by atoms with van der Waals surface area (Å²) in [5.41, 5.74) is 4.24. The fourth-order valence-electron chi connectivity index (χ4n) is 5.76. The van der Waals surface area contributed by atoms with Gasteiger partial charge in [-0.25, -0.2) is 4.79 Å². The first-order valence-electron chi connectivity index (χ1n) is 18.0. The van der Waals surface area contributed by atoms with Gasteiger partial charge in [0, 0.05) is 41.8 Å². The van der Waals surface area contributed by atoms with Crippen molar-refractivity contribution in [3.05, 3.63) is 129 Å². The van der Waals surface area contributed by atoms with Gasteiger partial charge in [0.05, 0.1) is 23.7 Å². The molecule has 1 heterocycles. The topological polar surface area (TPSA) is 186 Å². The van der Waals surface area contributed by atoms with E-state index in [0.717, 1.165) is 22.4 Å². The van der Waals surface area contributed by atoms with E-state index in [1.807, 2.05) is 48.5 Å². The number of ether oxygens (including phenoxy) is 2. The van der Waals surface area contributed by atoms with Crippen molar-refractivity contribution in [3.8, 4) is 17.6 Å². The molecule has 0 saturated heterocycles. The number of unbranched alkanes of at least 4 members (excludes halogenated alkanes) is 1. The number of hydrogen-bond acceptors (Lipinski definition) is 9. The molecule has 1 atom stereocenters. The Morgan fingerprint density at radius 2 is 1.48 bits per heavy atom. The number of fused-ring (bicyclic) bond motifs is 2. The van der Waals surface area contributed by atoms with E-state index in [1.54, 1.807) is 43.0 Å². The maximum Gasteiger partial charge on any atom is 0.514 e. The summed E-state index contributed by atoms with van der Waals surface area (Å²) in [4.78, 5) is 75.9. The molecule has 0 aliphatic carbocycles. The van der Waals surface area contributed by atoms with Crippen LogP contribution in [-0.4, -0.2) is 47.3 Å². The molecule has 4 amide bonds. The van der Waals surface area contributed by atoms with Crippen LogP contribution in [0.4, 0.5) is 21.9 Å². The number of carbonyl (C=O) groups is 5. The monoisotopic (exact) mass is 759 g/mol. The van der Waals surface area contributed by atoms with Crippen molar-refractivity contribution < 1.29 is 38.4 Å². The highest BCUT2D eigenvalue weighted by Crippen LogP contribution is 2.26. The number of carbonyl (C=O) groups excluding carboxylic acids is 5.